The number of thiophene rings is 1. The van der Waals surface area contributed by atoms with Gasteiger partial charge in [-0.1, -0.05) is 173 Å². The van der Waals surface area contributed by atoms with Crippen molar-refractivity contribution in [3.63, 3.8) is 0 Å². The van der Waals surface area contributed by atoms with Gasteiger partial charge in [-0.05, 0) is 291 Å². The highest BCUT2D eigenvalue weighted by Crippen LogP contribution is 2.57. The molecular weight excluding hydrogens is 1490 g/mol. The van der Waals surface area contributed by atoms with Crippen molar-refractivity contribution < 1.29 is 27.3 Å². The summed E-state index contributed by atoms with van der Waals surface area (Å²) in [5.74, 6) is 0. The number of furan rings is 1. The van der Waals surface area contributed by atoms with E-state index >= 15 is 0 Å². The van der Waals surface area contributed by atoms with E-state index in [0.717, 1.165) is 43.3 Å². The highest BCUT2D eigenvalue weighted by molar-refractivity contribution is 7.25. The summed E-state index contributed by atoms with van der Waals surface area (Å²) in [5, 5.41) is 4.03. The molecule has 121 heavy (non-hydrogen) atoms. The smallest absolute Gasteiger partial charge is 0.259 e. The van der Waals surface area contributed by atoms with E-state index in [1.807, 2.05) is 23.5 Å². The number of rotatable bonds is 1. The molecule has 7 nitrogen and oxygen atoms in total. The number of aromatic nitrogens is 6. The molecular formula is C113H99N6OS+5. The van der Waals surface area contributed by atoms with Crippen molar-refractivity contribution in [2.24, 2.45) is 35.2 Å². The zero-order valence-electron chi connectivity index (χ0n) is 71.9. The summed E-state index contributed by atoms with van der Waals surface area (Å²) >= 11 is 1.91. The van der Waals surface area contributed by atoms with Gasteiger partial charge in [-0.25, -0.2) is 9.13 Å². The summed E-state index contributed by atoms with van der Waals surface area (Å²) in [6.07, 6.45) is 16.0. The zero-order valence-corrected chi connectivity index (χ0v) is 72.8. The quantitative estimate of drug-likeness (QED) is 0.151. The van der Waals surface area contributed by atoms with Crippen molar-refractivity contribution in [1.29, 1.82) is 0 Å². The average molecular weight is 1590 g/mol. The van der Waals surface area contributed by atoms with E-state index in [-0.39, 0.29) is 10.8 Å². The lowest BCUT2D eigenvalue weighted by Gasteiger charge is -2.21. The molecule has 0 atom stereocenters. The van der Waals surface area contributed by atoms with Gasteiger partial charge in [0, 0.05) is 62.2 Å². The highest BCUT2D eigenvalue weighted by atomic mass is 32.1. The maximum atomic E-state index is 6.12. The topological polar surface area (TPSA) is 37.5 Å². The number of pyridine rings is 5. The van der Waals surface area contributed by atoms with Crippen LogP contribution in [0.4, 0.5) is 0 Å². The first-order valence-corrected chi connectivity index (χ1v) is 43.9. The number of hydrogen-bond donors (Lipinski definition) is 0. The van der Waals surface area contributed by atoms with E-state index in [1.165, 1.54) is 248 Å². The third kappa shape index (κ3) is 11.1. The van der Waals surface area contributed by atoms with Crippen molar-refractivity contribution in [2.45, 2.75) is 112 Å². The van der Waals surface area contributed by atoms with Gasteiger partial charge in [-0.2, -0.15) is 13.7 Å². The van der Waals surface area contributed by atoms with Crippen LogP contribution in [0.3, 0.4) is 0 Å². The summed E-state index contributed by atoms with van der Waals surface area (Å²) < 4.78 is 22.6. The molecule has 0 bridgehead atoms. The molecule has 0 amide bonds. The third-order valence-corrected chi connectivity index (χ3v) is 29.5. The number of benzene rings is 11. The van der Waals surface area contributed by atoms with Gasteiger partial charge < -0.3 is 8.98 Å². The molecule has 8 heterocycles. The standard InChI is InChI=1S/C26H21N2.C24H24N.C23H22N.C20H16NO.C20H16NS/c1-17-24-19(15-18-9-6-7-12-21(18)24)16-23-25(17)26-22(13-8-14-27(26)2)28(23)20-10-4-3-5-11-20;1-14-10-21-23(25(5)13-14)22-15(2)18-11-16-8-6-7-9-17(16)19(18)12-20(22)24(21,3)4;1-14-20-16(12-15-8-5-6-9-17(15)20)13-19-21(14)22-18(23(19,2)3)10-7-11-24(22)4;2*1-12-18-14(10-13-6-3-4-7-15(13)18)11-17-19(12)20-16(22-17)8-5-9-21(20)2/h3-14,16H,15H2,1-2H3;6-10,12-13H,11H2,1-5H3;5-11,13H,12H2,1-4H3;2*3-9,11H,10H2,1-2H3/q5*+1. The lowest BCUT2D eigenvalue weighted by molar-refractivity contribution is -0.661. The van der Waals surface area contributed by atoms with Crippen molar-refractivity contribution in [2.75, 3.05) is 0 Å². The Morgan fingerprint density at radius 3 is 1.40 bits per heavy atom. The molecule has 26 rings (SSSR count). The van der Waals surface area contributed by atoms with Gasteiger partial charge in [-0.15, -0.1) is 11.3 Å². The van der Waals surface area contributed by atoms with Crippen LogP contribution in [0.2, 0.25) is 0 Å². The minimum Gasteiger partial charge on any atom is -0.449 e. The summed E-state index contributed by atoms with van der Waals surface area (Å²) in [6, 6.07) is 86.6. The first-order valence-electron chi connectivity index (χ1n) is 43.0. The van der Waals surface area contributed by atoms with Crippen LogP contribution in [0.15, 0.2) is 272 Å². The number of nitrogens with zero attached hydrogens (tertiary/aromatic N) is 6. The van der Waals surface area contributed by atoms with Crippen LogP contribution in [0.25, 0.3) is 148 Å². The van der Waals surface area contributed by atoms with E-state index < -0.39 is 0 Å². The van der Waals surface area contributed by atoms with Gasteiger partial charge in [-0.3, -0.25) is 0 Å². The maximum Gasteiger partial charge on any atom is 0.259 e. The fourth-order valence-electron chi connectivity index (χ4n) is 22.9. The lowest BCUT2D eigenvalue weighted by atomic mass is 9.80. The molecule has 7 aliphatic rings. The largest absolute Gasteiger partial charge is 0.449 e. The highest BCUT2D eigenvalue weighted by Gasteiger charge is 2.46. The van der Waals surface area contributed by atoms with Crippen molar-refractivity contribution in [3.8, 4) is 83.8 Å². The van der Waals surface area contributed by atoms with Crippen LogP contribution in [0.1, 0.15) is 139 Å². The minimum absolute atomic E-state index is 0.0474. The first-order chi connectivity index (χ1) is 58.6. The van der Waals surface area contributed by atoms with Crippen LogP contribution < -0.4 is 22.8 Å². The number of aryl methyl sites for hydroxylation is 9. The maximum absolute atomic E-state index is 6.12. The molecule has 8 aromatic heterocycles. The van der Waals surface area contributed by atoms with Crippen LogP contribution in [-0.2, 0) is 78.2 Å². The molecule has 0 unspecified atom stereocenters. The number of hydrogen-bond acceptors (Lipinski definition) is 2. The van der Waals surface area contributed by atoms with Gasteiger partial charge in [0.2, 0.25) is 22.4 Å². The Balaban J connectivity index is 0.0000000908. The van der Waals surface area contributed by atoms with E-state index in [4.69, 9.17) is 4.42 Å². The first kappa shape index (κ1) is 74.3. The molecule has 0 saturated carbocycles. The van der Waals surface area contributed by atoms with Crippen LogP contribution in [-0.4, -0.2) is 4.57 Å². The van der Waals surface area contributed by atoms with Gasteiger partial charge >= 0.3 is 0 Å². The third-order valence-electron chi connectivity index (χ3n) is 28.4. The second-order valence-electron chi connectivity index (χ2n) is 36.2. The zero-order chi connectivity index (χ0) is 82.7. The van der Waals surface area contributed by atoms with E-state index in [2.05, 4.69) is 387 Å². The Hall–Kier alpha value is -13.0. The number of fused-ring (bicyclic) bond motifs is 30. The second kappa shape index (κ2) is 27.5. The fraction of sp³-hybridized carbons (Fsp3) is 0.195. The molecule has 19 aromatic rings. The monoisotopic (exact) mass is 1590 g/mol. The Morgan fingerprint density at radius 1 is 0.306 bits per heavy atom. The summed E-state index contributed by atoms with van der Waals surface area (Å²) in [7, 11) is 10.7. The Kier molecular flexibility index (Phi) is 16.9. The summed E-state index contributed by atoms with van der Waals surface area (Å²) in [5.41, 5.74) is 58.5. The van der Waals surface area contributed by atoms with E-state index in [1.54, 1.807) is 0 Å². The molecule has 0 radical (unpaired) electrons. The number of para-hydroxylation sites is 1. The molecule has 0 fully saturated rings. The van der Waals surface area contributed by atoms with Crippen molar-refractivity contribution in [1.82, 2.24) is 4.57 Å². The Bertz CT molecular complexity index is 7570. The van der Waals surface area contributed by atoms with Gasteiger partial charge in [0.05, 0.1) is 32.8 Å². The second-order valence-corrected chi connectivity index (χ2v) is 37.3. The van der Waals surface area contributed by atoms with Crippen molar-refractivity contribution >= 4 is 75.6 Å². The van der Waals surface area contributed by atoms with Gasteiger partial charge in [0.1, 0.15) is 51.0 Å². The van der Waals surface area contributed by atoms with Crippen LogP contribution in [0, 0.1) is 41.5 Å². The molecule has 7 aliphatic carbocycles. The van der Waals surface area contributed by atoms with E-state index in [9.17, 15) is 0 Å². The fourth-order valence-corrected chi connectivity index (χ4v) is 24.2. The van der Waals surface area contributed by atoms with Gasteiger partial charge in [0.25, 0.3) is 5.52 Å². The Labute approximate surface area is 712 Å². The van der Waals surface area contributed by atoms with Gasteiger partial charge in [0.15, 0.2) is 36.6 Å². The lowest BCUT2D eigenvalue weighted by Crippen LogP contribution is -2.32. The van der Waals surface area contributed by atoms with Crippen LogP contribution >= 0.6 is 11.3 Å². The molecule has 0 spiro atoms. The average Bonchev–Trinajstić information content (AvgIpc) is 1.55. The molecule has 11 aromatic carbocycles. The molecule has 588 valence electrons. The molecule has 0 N–H and O–H groups in total. The molecule has 8 heteroatoms. The molecule has 0 aliphatic heterocycles. The Morgan fingerprint density at radius 2 is 0.769 bits per heavy atom. The normalized spacial score (nSPS) is 13.9. The van der Waals surface area contributed by atoms with E-state index in [0.29, 0.717) is 0 Å². The predicted octanol–water partition coefficient (Wildman–Crippen LogP) is 24.2. The summed E-state index contributed by atoms with van der Waals surface area (Å²) in [6.45, 7) is 23.2. The van der Waals surface area contributed by atoms with Crippen molar-refractivity contribution in [3.05, 3.63) is 379 Å². The molecule has 0 saturated heterocycles. The van der Waals surface area contributed by atoms with Crippen LogP contribution in [0.5, 0.6) is 0 Å². The SMILES string of the molecule is Cc1c2c(cc3c1-c1c(ccc[n+]1C)C3(C)C)Cc1ccccc1-2.Cc1c2c(cc3c1c1c(ccc[n+]1C)n3-c1ccccc1)Cc1ccccc1-2.Cc1c2c(cc3oc4ccc[n+](C)c4c13)Cc1ccccc1-2.Cc1c2c(cc3sc4ccc[n+](C)c4c13)Cc1ccccc1-2.Cc1cc2c([n+](C)c1)-c1c(cc3c(c1C)Cc1ccccc1-3)C2(C)C. The minimum atomic E-state index is 0.0474. The predicted molar refractivity (Wildman–Crippen MR) is 497 cm³/mol. The summed E-state index contributed by atoms with van der Waals surface area (Å²) in [4.78, 5) is 0.